The van der Waals surface area contributed by atoms with Crippen molar-refractivity contribution in [3.05, 3.63) is 64.7 Å². The summed E-state index contributed by atoms with van der Waals surface area (Å²) in [5.74, 6) is -0.201. The van der Waals surface area contributed by atoms with Crippen LogP contribution in [0.15, 0.2) is 42.5 Å². The van der Waals surface area contributed by atoms with E-state index in [-0.39, 0.29) is 5.91 Å². The maximum atomic E-state index is 12.2. The van der Waals surface area contributed by atoms with Gasteiger partial charge in [-0.3, -0.25) is 10.1 Å². The molecular formula is C18H20N2OS. The minimum absolute atomic E-state index is 0.201. The van der Waals surface area contributed by atoms with Crippen LogP contribution in [0.1, 0.15) is 34.0 Å². The van der Waals surface area contributed by atoms with Gasteiger partial charge in [0.2, 0.25) is 0 Å². The molecule has 2 N–H and O–H groups in total. The van der Waals surface area contributed by atoms with Crippen molar-refractivity contribution in [2.24, 2.45) is 0 Å². The van der Waals surface area contributed by atoms with E-state index in [2.05, 4.69) is 23.6 Å². The normalized spacial score (nSPS) is 10.1. The molecule has 2 aromatic carbocycles. The van der Waals surface area contributed by atoms with Crippen LogP contribution in [-0.2, 0) is 6.42 Å². The fourth-order valence-corrected chi connectivity index (χ4v) is 2.50. The number of anilines is 1. The van der Waals surface area contributed by atoms with Crippen LogP contribution in [0, 0.1) is 13.8 Å². The summed E-state index contributed by atoms with van der Waals surface area (Å²) in [5, 5.41) is 6.19. The lowest BCUT2D eigenvalue weighted by atomic mass is 10.1. The number of carbonyl (C=O) groups is 1. The van der Waals surface area contributed by atoms with Crippen LogP contribution < -0.4 is 10.6 Å². The molecule has 0 aliphatic rings. The van der Waals surface area contributed by atoms with E-state index in [1.165, 1.54) is 5.56 Å². The molecule has 0 fully saturated rings. The SMILES string of the molecule is CCc1cccc(C)c1NC(=S)NC(=O)c1cccc(C)c1. The van der Waals surface area contributed by atoms with Gasteiger partial charge < -0.3 is 5.32 Å². The average molecular weight is 312 g/mol. The molecule has 0 aromatic heterocycles. The number of aryl methyl sites for hydroxylation is 3. The summed E-state index contributed by atoms with van der Waals surface area (Å²) in [4.78, 5) is 12.2. The maximum Gasteiger partial charge on any atom is 0.257 e. The summed E-state index contributed by atoms with van der Waals surface area (Å²) in [6.45, 7) is 6.06. The van der Waals surface area contributed by atoms with Gasteiger partial charge in [0.25, 0.3) is 5.91 Å². The highest BCUT2D eigenvalue weighted by atomic mass is 32.1. The number of benzene rings is 2. The molecule has 0 spiro atoms. The fraction of sp³-hybridized carbons (Fsp3) is 0.222. The molecule has 0 saturated heterocycles. The van der Waals surface area contributed by atoms with E-state index in [9.17, 15) is 4.79 Å². The molecule has 0 bridgehead atoms. The first kappa shape index (κ1) is 16.2. The third-order valence-electron chi connectivity index (χ3n) is 3.49. The van der Waals surface area contributed by atoms with Gasteiger partial charge in [-0.1, -0.05) is 42.8 Å². The maximum absolute atomic E-state index is 12.2. The second kappa shape index (κ2) is 7.18. The standard InChI is InChI=1S/C18H20N2OS/c1-4-14-9-6-8-13(3)16(14)19-18(22)20-17(21)15-10-5-7-12(2)11-15/h5-11H,4H2,1-3H3,(H2,19,20,21,22). The van der Waals surface area contributed by atoms with E-state index in [0.717, 1.165) is 23.2 Å². The second-order valence-corrected chi connectivity index (χ2v) is 5.65. The molecule has 3 nitrogen and oxygen atoms in total. The third-order valence-corrected chi connectivity index (χ3v) is 3.69. The first-order valence-electron chi connectivity index (χ1n) is 7.28. The minimum atomic E-state index is -0.201. The van der Waals surface area contributed by atoms with Crippen molar-refractivity contribution in [2.75, 3.05) is 5.32 Å². The zero-order chi connectivity index (χ0) is 16.1. The molecular weight excluding hydrogens is 292 g/mol. The van der Waals surface area contributed by atoms with Crippen LogP contribution >= 0.6 is 12.2 Å². The molecule has 0 saturated carbocycles. The Morgan fingerprint density at radius 1 is 1.14 bits per heavy atom. The van der Waals surface area contributed by atoms with Gasteiger partial charge in [0.1, 0.15) is 0 Å². The van der Waals surface area contributed by atoms with Gasteiger partial charge in [-0.05, 0) is 55.7 Å². The molecule has 1 amide bonds. The van der Waals surface area contributed by atoms with Gasteiger partial charge in [0, 0.05) is 11.3 Å². The Labute approximate surface area is 136 Å². The minimum Gasteiger partial charge on any atom is -0.332 e. The molecule has 22 heavy (non-hydrogen) atoms. The number of hydrogen-bond acceptors (Lipinski definition) is 2. The van der Waals surface area contributed by atoms with Crippen LogP contribution in [0.2, 0.25) is 0 Å². The quantitative estimate of drug-likeness (QED) is 0.842. The van der Waals surface area contributed by atoms with E-state index in [0.29, 0.717) is 10.7 Å². The van der Waals surface area contributed by atoms with Crippen LogP contribution in [-0.4, -0.2) is 11.0 Å². The van der Waals surface area contributed by atoms with Gasteiger partial charge in [-0.15, -0.1) is 0 Å². The van der Waals surface area contributed by atoms with Crippen LogP contribution in [0.4, 0.5) is 5.69 Å². The van der Waals surface area contributed by atoms with Crippen molar-refractivity contribution in [3.8, 4) is 0 Å². The van der Waals surface area contributed by atoms with Crippen LogP contribution in [0.25, 0.3) is 0 Å². The predicted molar refractivity (Wildman–Crippen MR) is 95.4 cm³/mol. The number of amides is 1. The number of carbonyl (C=O) groups excluding carboxylic acids is 1. The molecule has 0 atom stereocenters. The van der Waals surface area contributed by atoms with Gasteiger partial charge in [0.15, 0.2) is 5.11 Å². The van der Waals surface area contributed by atoms with E-state index < -0.39 is 0 Å². The summed E-state index contributed by atoms with van der Waals surface area (Å²) < 4.78 is 0. The molecule has 0 heterocycles. The molecule has 114 valence electrons. The monoisotopic (exact) mass is 312 g/mol. The molecule has 0 unspecified atom stereocenters. The Bertz CT molecular complexity index is 710. The van der Waals surface area contributed by atoms with Gasteiger partial charge in [0.05, 0.1) is 0 Å². The molecule has 2 rings (SSSR count). The van der Waals surface area contributed by atoms with Gasteiger partial charge in [-0.25, -0.2) is 0 Å². The van der Waals surface area contributed by atoms with Crippen LogP contribution in [0.3, 0.4) is 0 Å². The van der Waals surface area contributed by atoms with Crippen molar-refractivity contribution >= 4 is 28.9 Å². The lowest BCUT2D eigenvalue weighted by Gasteiger charge is -2.15. The Morgan fingerprint density at radius 2 is 1.86 bits per heavy atom. The highest BCUT2D eigenvalue weighted by Gasteiger charge is 2.10. The molecule has 0 aliphatic heterocycles. The molecule has 2 aromatic rings. The first-order valence-corrected chi connectivity index (χ1v) is 7.69. The topological polar surface area (TPSA) is 41.1 Å². The predicted octanol–water partition coefficient (Wildman–Crippen LogP) is 3.99. The number of para-hydroxylation sites is 1. The Morgan fingerprint density at radius 3 is 2.55 bits per heavy atom. The Kier molecular flexibility index (Phi) is 5.28. The zero-order valence-electron chi connectivity index (χ0n) is 13.1. The van der Waals surface area contributed by atoms with E-state index >= 15 is 0 Å². The summed E-state index contributed by atoms with van der Waals surface area (Å²) in [6, 6.07) is 13.5. The first-order chi connectivity index (χ1) is 10.5. The Balaban J connectivity index is 2.09. The number of hydrogen-bond donors (Lipinski definition) is 2. The van der Waals surface area contributed by atoms with Crippen molar-refractivity contribution < 1.29 is 4.79 Å². The van der Waals surface area contributed by atoms with E-state index in [1.54, 1.807) is 6.07 Å². The number of nitrogens with one attached hydrogen (secondary N) is 2. The van der Waals surface area contributed by atoms with Gasteiger partial charge in [-0.2, -0.15) is 0 Å². The molecule has 0 radical (unpaired) electrons. The van der Waals surface area contributed by atoms with Crippen molar-refractivity contribution in [2.45, 2.75) is 27.2 Å². The third kappa shape index (κ3) is 3.92. The molecule has 0 aliphatic carbocycles. The summed E-state index contributed by atoms with van der Waals surface area (Å²) in [7, 11) is 0. The zero-order valence-corrected chi connectivity index (χ0v) is 13.9. The average Bonchev–Trinajstić information content (AvgIpc) is 2.49. The van der Waals surface area contributed by atoms with E-state index in [1.807, 2.05) is 44.2 Å². The number of thiocarbonyl (C=S) groups is 1. The summed E-state index contributed by atoms with van der Waals surface area (Å²) in [5.41, 5.74) is 4.89. The van der Waals surface area contributed by atoms with E-state index in [4.69, 9.17) is 12.2 Å². The summed E-state index contributed by atoms with van der Waals surface area (Å²) >= 11 is 5.27. The van der Waals surface area contributed by atoms with Crippen molar-refractivity contribution in [1.82, 2.24) is 5.32 Å². The lowest BCUT2D eigenvalue weighted by molar-refractivity contribution is 0.0977. The highest BCUT2D eigenvalue weighted by molar-refractivity contribution is 7.80. The second-order valence-electron chi connectivity index (χ2n) is 5.24. The van der Waals surface area contributed by atoms with Crippen molar-refractivity contribution in [3.63, 3.8) is 0 Å². The number of rotatable bonds is 3. The lowest BCUT2D eigenvalue weighted by Crippen LogP contribution is -2.34. The smallest absolute Gasteiger partial charge is 0.257 e. The van der Waals surface area contributed by atoms with Crippen LogP contribution in [0.5, 0.6) is 0 Å². The van der Waals surface area contributed by atoms with Crippen molar-refractivity contribution in [1.29, 1.82) is 0 Å². The van der Waals surface area contributed by atoms with Gasteiger partial charge >= 0.3 is 0 Å². The summed E-state index contributed by atoms with van der Waals surface area (Å²) in [6.07, 6.45) is 0.901. The molecule has 4 heteroatoms. The largest absolute Gasteiger partial charge is 0.332 e. The highest BCUT2D eigenvalue weighted by Crippen LogP contribution is 2.20. The fourth-order valence-electron chi connectivity index (χ4n) is 2.31. The Hall–Kier alpha value is -2.20.